The molecule has 1 atom stereocenters. The molecule has 1 unspecified atom stereocenters. The maximum Gasteiger partial charge on any atom is 0.228 e. The fourth-order valence-corrected chi connectivity index (χ4v) is 5.44. The molecular weight excluding hydrogens is 380 g/mol. The summed E-state index contributed by atoms with van der Waals surface area (Å²) >= 11 is 1.66. The van der Waals surface area contributed by atoms with Gasteiger partial charge in [0.25, 0.3) is 0 Å². The molecule has 1 fully saturated rings. The SMILES string of the molecule is Cc1nc(Cc2cccc3ccccc23)sc1CC(=O)N1CCCCC1CCO. The summed E-state index contributed by atoms with van der Waals surface area (Å²) in [6, 6.07) is 15.0. The lowest BCUT2D eigenvalue weighted by atomic mass is 9.99. The number of carbonyl (C=O) groups is 1. The number of rotatable bonds is 6. The van der Waals surface area contributed by atoms with E-state index in [0.717, 1.165) is 47.8 Å². The molecule has 1 amide bonds. The van der Waals surface area contributed by atoms with Crippen LogP contribution in [0.5, 0.6) is 0 Å². The molecule has 0 radical (unpaired) electrons. The predicted molar refractivity (Wildman–Crippen MR) is 118 cm³/mol. The third kappa shape index (κ3) is 4.51. The highest BCUT2D eigenvalue weighted by Gasteiger charge is 2.27. The van der Waals surface area contributed by atoms with Crippen LogP contribution in [0.1, 0.15) is 46.8 Å². The summed E-state index contributed by atoms with van der Waals surface area (Å²) < 4.78 is 0. The van der Waals surface area contributed by atoms with E-state index in [-0.39, 0.29) is 18.6 Å². The van der Waals surface area contributed by atoms with Gasteiger partial charge in [-0.05, 0) is 48.9 Å². The summed E-state index contributed by atoms with van der Waals surface area (Å²) in [6.45, 7) is 2.96. The topological polar surface area (TPSA) is 53.4 Å². The Morgan fingerprint density at radius 2 is 2.03 bits per heavy atom. The van der Waals surface area contributed by atoms with Gasteiger partial charge in [0.05, 0.1) is 17.1 Å². The van der Waals surface area contributed by atoms with Crippen molar-refractivity contribution < 1.29 is 9.90 Å². The lowest BCUT2D eigenvalue weighted by Crippen LogP contribution is -2.44. The average molecular weight is 409 g/mol. The van der Waals surface area contributed by atoms with Crippen LogP contribution in [-0.2, 0) is 17.6 Å². The Hall–Kier alpha value is -2.24. The second-order valence-corrected chi connectivity index (χ2v) is 9.03. The van der Waals surface area contributed by atoms with E-state index < -0.39 is 0 Å². The van der Waals surface area contributed by atoms with E-state index in [0.29, 0.717) is 12.8 Å². The van der Waals surface area contributed by atoms with Crippen molar-refractivity contribution in [2.45, 2.75) is 51.5 Å². The minimum absolute atomic E-state index is 0.142. The number of piperidine rings is 1. The van der Waals surface area contributed by atoms with Gasteiger partial charge < -0.3 is 10.0 Å². The number of aryl methyl sites for hydroxylation is 1. The average Bonchev–Trinajstić information content (AvgIpc) is 3.07. The molecule has 0 bridgehead atoms. The molecule has 4 rings (SSSR count). The van der Waals surface area contributed by atoms with Crippen LogP contribution >= 0.6 is 11.3 Å². The Morgan fingerprint density at radius 1 is 1.21 bits per heavy atom. The van der Waals surface area contributed by atoms with Gasteiger partial charge in [-0.2, -0.15) is 0 Å². The number of aliphatic hydroxyl groups excluding tert-OH is 1. The first kappa shape index (κ1) is 20.0. The maximum atomic E-state index is 13.0. The number of hydrogen-bond donors (Lipinski definition) is 1. The molecule has 3 aromatic rings. The number of carbonyl (C=O) groups excluding carboxylic acids is 1. The highest BCUT2D eigenvalue weighted by molar-refractivity contribution is 7.11. The second-order valence-electron chi connectivity index (χ2n) is 7.86. The maximum absolute atomic E-state index is 13.0. The number of aromatic nitrogens is 1. The smallest absolute Gasteiger partial charge is 0.228 e. The highest BCUT2D eigenvalue weighted by Crippen LogP contribution is 2.27. The Labute approximate surface area is 176 Å². The zero-order valence-electron chi connectivity index (χ0n) is 16.9. The van der Waals surface area contributed by atoms with Gasteiger partial charge in [-0.1, -0.05) is 42.5 Å². The molecule has 1 aromatic heterocycles. The number of fused-ring (bicyclic) bond motifs is 1. The molecule has 1 aliphatic rings. The number of aliphatic hydroxyl groups is 1. The summed E-state index contributed by atoms with van der Waals surface area (Å²) in [4.78, 5) is 20.8. The van der Waals surface area contributed by atoms with Crippen molar-refractivity contribution >= 4 is 28.0 Å². The Bertz CT molecular complexity index is 990. The zero-order valence-corrected chi connectivity index (χ0v) is 17.8. The predicted octanol–water partition coefficient (Wildman–Crippen LogP) is 4.50. The highest BCUT2D eigenvalue weighted by atomic mass is 32.1. The van der Waals surface area contributed by atoms with Gasteiger partial charge in [-0.25, -0.2) is 4.98 Å². The van der Waals surface area contributed by atoms with Crippen LogP contribution in [-0.4, -0.2) is 40.1 Å². The van der Waals surface area contributed by atoms with Crippen molar-refractivity contribution in [3.8, 4) is 0 Å². The first-order chi connectivity index (χ1) is 14.2. The normalized spacial score (nSPS) is 17.0. The Morgan fingerprint density at radius 3 is 2.90 bits per heavy atom. The molecule has 152 valence electrons. The molecule has 4 nitrogen and oxygen atoms in total. The van der Waals surface area contributed by atoms with Gasteiger partial charge in [-0.3, -0.25) is 4.79 Å². The first-order valence-corrected chi connectivity index (χ1v) is 11.3. The number of thiazole rings is 1. The molecule has 2 heterocycles. The van der Waals surface area contributed by atoms with Crippen LogP contribution in [0.2, 0.25) is 0 Å². The quantitative estimate of drug-likeness (QED) is 0.653. The van der Waals surface area contributed by atoms with E-state index in [9.17, 15) is 9.90 Å². The number of benzene rings is 2. The van der Waals surface area contributed by atoms with E-state index >= 15 is 0 Å². The number of hydrogen-bond acceptors (Lipinski definition) is 4. The second kappa shape index (κ2) is 9.06. The summed E-state index contributed by atoms with van der Waals surface area (Å²) in [5.74, 6) is 0.173. The third-order valence-corrected chi connectivity index (χ3v) is 7.04. The fraction of sp³-hybridized carbons (Fsp3) is 0.417. The van der Waals surface area contributed by atoms with Crippen molar-refractivity contribution in [3.05, 3.63) is 63.6 Å². The van der Waals surface area contributed by atoms with Gasteiger partial charge >= 0.3 is 0 Å². The Balaban J connectivity index is 1.50. The Kier molecular flexibility index (Phi) is 6.26. The van der Waals surface area contributed by atoms with E-state index in [1.807, 2.05) is 11.8 Å². The first-order valence-electron chi connectivity index (χ1n) is 10.5. The molecule has 0 saturated carbocycles. The van der Waals surface area contributed by atoms with E-state index in [1.165, 1.54) is 16.3 Å². The minimum Gasteiger partial charge on any atom is -0.396 e. The lowest BCUT2D eigenvalue weighted by molar-refractivity contribution is -0.134. The summed E-state index contributed by atoms with van der Waals surface area (Å²) in [5.41, 5.74) is 2.24. The van der Waals surface area contributed by atoms with Gasteiger partial charge in [0.1, 0.15) is 0 Å². The van der Waals surface area contributed by atoms with Crippen LogP contribution in [0.3, 0.4) is 0 Å². The molecule has 1 saturated heterocycles. The molecular formula is C24H28N2O2S. The summed E-state index contributed by atoms with van der Waals surface area (Å²) in [5, 5.41) is 12.9. The molecule has 0 spiro atoms. The summed E-state index contributed by atoms with van der Waals surface area (Å²) in [7, 11) is 0. The molecule has 1 N–H and O–H groups in total. The van der Waals surface area contributed by atoms with E-state index in [4.69, 9.17) is 4.98 Å². The van der Waals surface area contributed by atoms with Gasteiger partial charge in [0, 0.05) is 30.5 Å². The number of nitrogens with zero attached hydrogens (tertiary/aromatic N) is 2. The van der Waals surface area contributed by atoms with Crippen LogP contribution in [0, 0.1) is 6.92 Å². The van der Waals surface area contributed by atoms with Crippen LogP contribution in [0.4, 0.5) is 0 Å². The van der Waals surface area contributed by atoms with Gasteiger partial charge in [-0.15, -0.1) is 11.3 Å². The zero-order chi connectivity index (χ0) is 20.2. The van der Waals surface area contributed by atoms with Crippen molar-refractivity contribution in [2.24, 2.45) is 0 Å². The standard InChI is InChI=1S/C24H28N2O2S/c1-17-22(16-24(28)26-13-5-4-10-20(26)12-14-27)29-23(25-17)15-19-9-6-8-18-7-2-3-11-21(18)19/h2-3,6-9,11,20,27H,4-5,10,12-16H2,1H3. The summed E-state index contributed by atoms with van der Waals surface area (Å²) in [6.07, 6.45) is 5.09. The molecule has 0 aliphatic carbocycles. The van der Waals surface area contributed by atoms with Crippen molar-refractivity contribution in [1.82, 2.24) is 9.88 Å². The van der Waals surface area contributed by atoms with Gasteiger partial charge in [0.15, 0.2) is 0 Å². The monoisotopic (exact) mass is 408 g/mol. The van der Waals surface area contributed by atoms with E-state index in [2.05, 4.69) is 42.5 Å². The largest absolute Gasteiger partial charge is 0.396 e. The molecule has 29 heavy (non-hydrogen) atoms. The minimum atomic E-state index is 0.142. The molecule has 1 aliphatic heterocycles. The van der Waals surface area contributed by atoms with Crippen molar-refractivity contribution in [2.75, 3.05) is 13.2 Å². The van der Waals surface area contributed by atoms with E-state index in [1.54, 1.807) is 11.3 Å². The van der Waals surface area contributed by atoms with Crippen LogP contribution in [0.15, 0.2) is 42.5 Å². The molecule has 5 heteroatoms. The van der Waals surface area contributed by atoms with Crippen molar-refractivity contribution in [3.63, 3.8) is 0 Å². The van der Waals surface area contributed by atoms with Crippen LogP contribution < -0.4 is 0 Å². The van der Waals surface area contributed by atoms with Crippen molar-refractivity contribution in [1.29, 1.82) is 0 Å². The van der Waals surface area contributed by atoms with Gasteiger partial charge in [0.2, 0.25) is 5.91 Å². The molecule has 2 aromatic carbocycles. The lowest BCUT2D eigenvalue weighted by Gasteiger charge is -2.35. The fourth-order valence-electron chi connectivity index (χ4n) is 4.35. The number of likely N-dealkylation sites (tertiary alicyclic amines) is 1. The van der Waals surface area contributed by atoms with Crippen LogP contribution in [0.25, 0.3) is 10.8 Å². The third-order valence-electron chi connectivity index (χ3n) is 5.88. The number of amides is 1.